The van der Waals surface area contributed by atoms with Crippen molar-refractivity contribution in [1.82, 2.24) is 15.0 Å². The van der Waals surface area contributed by atoms with E-state index in [9.17, 15) is 4.79 Å². The lowest BCUT2D eigenvalue weighted by atomic mass is 10.1. The molecule has 1 aliphatic rings. The largest absolute Gasteiger partial charge is 0.366 e. The highest BCUT2D eigenvalue weighted by molar-refractivity contribution is 5.92. The van der Waals surface area contributed by atoms with Crippen LogP contribution in [0.25, 0.3) is 0 Å². The van der Waals surface area contributed by atoms with Gasteiger partial charge in [-0.1, -0.05) is 24.2 Å². The summed E-state index contributed by atoms with van der Waals surface area (Å²) in [5.74, 6) is 1.04. The van der Waals surface area contributed by atoms with Gasteiger partial charge in [0.05, 0.1) is 6.04 Å². The van der Waals surface area contributed by atoms with Crippen LogP contribution in [0.5, 0.6) is 0 Å². The van der Waals surface area contributed by atoms with Gasteiger partial charge in [0.2, 0.25) is 11.8 Å². The lowest BCUT2D eigenvalue weighted by molar-refractivity contribution is 0.1000. The van der Waals surface area contributed by atoms with Crippen molar-refractivity contribution in [3.8, 4) is 0 Å². The first kappa shape index (κ1) is 14.7. The van der Waals surface area contributed by atoms with E-state index in [1.807, 2.05) is 25.1 Å². The van der Waals surface area contributed by atoms with Crippen LogP contribution in [0, 0.1) is 0 Å². The molecular weight excluding hydrogens is 280 g/mol. The average Bonchev–Trinajstić information content (AvgIpc) is 3.16. The van der Waals surface area contributed by atoms with Crippen molar-refractivity contribution in [3.63, 3.8) is 0 Å². The zero-order chi connectivity index (χ0) is 15.5. The van der Waals surface area contributed by atoms with Crippen LogP contribution in [0.4, 0.5) is 0 Å². The number of nitrogens with zero attached hydrogens (tertiary/aromatic N) is 3. The number of likely N-dealkylation sites (tertiary alicyclic amines) is 1. The first-order valence-electron chi connectivity index (χ1n) is 7.62. The van der Waals surface area contributed by atoms with Gasteiger partial charge in [0.25, 0.3) is 0 Å². The minimum absolute atomic E-state index is 0.182. The number of amides is 1. The van der Waals surface area contributed by atoms with Crippen LogP contribution in [-0.4, -0.2) is 27.5 Å². The standard InChI is InChI=1S/C16H20N4O2/c1-2-14-18-16(19-22-14)13-7-4-8-20(13)10-11-5-3-6-12(9-11)15(17)21/h3,5-6,9,13H,2,4,7-8,10H2,1H3,(H2,17,21)/t13-/m0/s1. The van der Waals surface area contributed by atoms with Gasteiger partial charge in [0.1, 0.15) is 0 Å². The van der Waals surface area contributed by atoms with Gasteiger partial charge in [-0.15, -0.1) is 0 Å². The molecule has 1 aromatic carbocycles. The first-order chi connectivity index (χ1) is 10.7. The summed E-state index contributed by atoms with van der Waals surface area (Å²) >= 11 is 0. The number of primary amides is 1. The molecule has 6 heteroatoms. The zero-order valence-corrected chi connectivity index (χ0v) is 12.7. The Balaban J connectivity index is 1.76. The Hall–Kier alpha value is -2.21. The molecule has 2 N–H and O–H groups in total. The number of benzene rings is 1. The molecule has 0 aliphatic carbocycles. The molecule has 1 amide bonds. The van der Waals surface area contributed by atoms with Crippen LogP contribution in [0.1, 0.15) is 53.4 Å². The fourth-order valence-electron chi connectivity index (χ4n) is 2.91. The maximum Gasteiger partial charge on any atom is 0.248 e. The Morgan fingerprint density at radius 2 is 2.36 bits per heavy atom. The molecule has 1 fully saturated rings. The monoisotopic (exact) mass is 300 g/mol. The predicted octanol–water partition coefficient (Wildman–Crippen LogP) is 2.07. The number of carbonyl (C=O) groups is 1. The molecule has 0 radical (unpaired) electrons. The lowest BCUT2D eigenvalue weighted by Crippen LogP contribution is -2.24. The number of carbonyl (C=O) groups excluding carboxylic acids is 1. The predicted molar refractivity (Wildman–Crippen MR) is 81.0 cm³/mol. The van der Waals surface area contributed by atoms with E-state index in [1.165, 1.54) is 0 Å². The van der Waals surface area contributed by atoms with E-state index in [0.29, 0.717) is 11.5 Å². The van der Waals surface area contributed by atoms with Crippen molar-refractivity contribution < 1.29 is 9.32 Å². The van der Waals surface area contributed by atoms with E-state index in [2.05, 4.69) is 15.0 Å². The molecule has 0 saturated carbocycles. The Kier molecular flexibility index (Phi) is 4.20. The summed E-state index contributed by atoms with van der Waals surface area (Å²) in [5.41, 5.74) is 6.96. The van der Waals surface area contributed by atoms with E-state index in [1.54, 1.807) is 6.07 Å². The van der Waals surface area contributed by atoms with Crippen molar-refractivity contribution >= 4 is 5.91 Å². The molecule has 1 saturated heterocycles. The SMILES string of the molecule is CCc1nc([C@@H]2CCCN2Cc2cccc(C(N)=O)c2)no1. The van der Waals surface area contributed by atoms with E-state index >= 15 is 0 Å². The highest BCUT2D eigenvalue weighted by Crippen LogP contribution is 2.31. The Bertz CT molecular complexity index is 668. The maximum absolute atomic E-state index is 11.3. The fraction of sp³-hybridized carbons (Fsp3) is 0.438. The van der Waals surface area contributed by atoms with Crippen molar-refractivity contribution in [2.45, 2.75) is 38.8 Å². The van der Waals surface area contributed by atoms with Crippen molar-refractivity contribution in [1.29, 1.82) is 0 Å². The summed E-state index contributed by atoms with van der Waals surface area (Å²) in [5, 5.41) is 4.10. The third-order valence-corrected chi connectivity index (χ3v) is 4.05. The molecule has 0 spiro atoms. The molecule has 3 rings (SSSR count). The van der Waals surface area contributed by atoms with Gasteiger partial charge < -0.3 is 10.3 Å². The molecule has 1 aliphatic heterocycles. The average molecular weight is 300 g/mol. The third kappa shape index (κ3) is 3.01. The van der Waals surface area contributed by atoms with E-state index in [0.717, 1.165) is 43.7 Å². The Morgan fingerprint density at radius 3 is 3.09 bits per heavy atom. The number of nitrogens with two attached hydrogens (primary N) is 1. The summed E-state index contributed by atoms with van der Waals surface area (Å²) in [6.45, 7) is 3.74. The van der Waals surface area contributed by atoms with Crippen LogP contribution in [0.3, 0.4) is 0 Å². The number of hydrogen-bond acceptors (Lipinski definition) is 5. The lowest BCUT2D eigenvalue weighted by Gasteiger charge is -2.22. The number of aryl methyl sites for hydroxylation is 1. The second-order valence-electron chi connectivity index (χ2n) is 5.59. The van der Waals surface area contributed by atoms with Crippen molar-refractivity contribution in [3.05, 3.63) is 47.1 Å². The van der Waals surface area contributed by atoms with Gasteiger partial charge in [-0.2, -0.15) is 4.98 Å². The normalized spacial score (nSPS) is 18.7. The number of hydrogen-bond donors (Lipinski definition) is 1. The highest BCUT2D eigenvalue weighted by Gasteiger charge is 2.29. The summed E-state index contributed by atoms with van der Waals surface area (Å²) in [6.07, 6.45) is 2.88. The third-order valence-electron chi connectivity index (χ3n) is 4.05. The summed E-state index contributed by atoms with van der Waals surface area (Å²) < 4.78 is 5.23. The van der Waals surface area contributed by atoms with Crippen LogP contribution in [0.15, 0.2) is 28.8 Å². The molecule has 116 valence electrons. The molecule has 1 atom stereocenters. The smallest absolute Gasteiger partial charge is 0.248 e. The summed E-state index contributed by atoms with van der Waals surface area (Å²) in [4.78, 5) is 18.1. The molecule has 0 unspecified atom stereocenters. The second-order valence-corrected chi connectivity index (χ2v) is 5.59. The maximum atomic E-state index is 11.3. The van der Waals surface area contributed by atoms with Crippen LogP contribution in [-0.2, 0) is 13.0 Å². The Morgan fingerprint density at radius 1 is 1.50 bits per heavy atom. The molecule has 6 nitrogen and oxygen atoms in total. The minimum atomic E-state index is -0.398. The summed E-state index contributed by atoms with van der Waals surface area (Å²) in [6, 6.07) is 7.65. The van der Waals surface area contributed by atoms with E-state index in [4.69, 9.17) is 10.3 Å². The number of aromatic nitrogens is 2. The molecule has 1 aromatic heterocycles. The first-order valence-corrected chi connectivity index (χ1v) is 7.62. The molecule has 2 heterocycles. The van der Waals surface area contributed by atoms with Crippen LogP contribution >= 0.6 is 0 Å². The van der Waals surface area contributed by atoms with Crippen LogP contribution < -0.4 is 5.73 Å². The number of rotatable bonds is 5. The molecule has 0 bridgehead atoms. The van der Waals surface area contributed by atoms with E-state index in [-0.39, 0.29) is 6.04 Å². The van der Waals surface area contributed by atoms with E-state index < -0.39 is 5.91 Å². The van der Waals surface area contributed by atoms with Gasteiger partial charge in [-0.05, 0) is 37.1 Å². The Labute approximate surface area is 129 Å². The van der Waals surface area contributed by atoms with Gasteiger partial charge in [-0.3, -0.25) is 9.69 Å². The van der Waals surface area contributed by atoms with Crippen molar-refractivity contribution in [2.24, 2.45) is 5.73 Å². The summed E-state index contributed by atoms with van der Waals surface area (Å²) in [7, 11) is 0. The molecule has 22 heavy (non-hydrogen) atoms. The topological polar surface area (TPSA) is 85.3 Å². The van der Waals surface area contributed by atoms with Gasteiger partial charge in [0, 0.05) is 18.5 Å². The fourth-order valence-corrected chi connectivity index (χ4v) is 2.91. The van der Waals surface area contributed by atoms with Gasteiger partial charge in [0.15, 0.2) is 5.82 Å². The van der Waals surface area contributed by atoms with Crippen LogP contribution in [0.2, 0.25) is 0 Å². The molecule has 2 aromatic rings. The van der Waals surface area contributed by atoms with Gasteiger partial charge >= 0.3 is 0 Å². The second kappa shape index (κ2) is 6.27. The minimum Gasteiger partial charge on any atom is -0.366 e. The highest BCUT2D eigenvalue weighted by atomic mass is 16.5. The zero-order valence-electron chi connectivity index (χ0n) is 12.7. The van der Waals surface area contributed by atoms with Crippen molar-refractivity contribution in [2.75, 3.05) is 6.54 Å². The molecular formula is C16H20N4O2. The van der Waals surface area contributed by atoms with Gasteiger partial charge in [-0.25, -0.2) is 0 Å². The quantitative estimate of drug-likeness (QED) is 0.913.